The van der Waals surface area contributed by atoms with Crippen molar-refractivity contribution in [1.82, 2.24) is 0 Å². The van der Waals surface area contributed by atoms with E-state index in [2.05, 4.69) is 0 Å². The number of carbonyl (C=O) groups excluding carboxylic acids is 4. The molecule has 2 heterocycles. The van der Waals surface area contributed by atoms with Crippen LogP contribution in [0.1, 0.15) is 67.2 Å². The molecule has 5 rings (SSSR count). The van der Waals surface area contributed by atoms with Gasteiger partial charge in [0.1, 0.15) is 11.5 Å². The van der Waals surface area contributed by atoms with E-state index >= 15 is 0 Å². The molecule has 2 saturated carbocycles. The molecule has 0 aromatic heterocycles. The predicted molar refractivity (Wildman–Crippen MR) is 118 cm³/mol. The molecule has 8 nitrogen and oxygen atoms in total. The van der Waals surface area contributed by atoms with Crippen molar-refractivity contribution in [2.45, 2.75) is 78.4 Å². The molecule has 4 unspecified atom stereocenters. The van der Waals surface area contributed by atoms with Gasteiger partial charge in [0.05, 0.1) is 10.8 Å². The maximum atomic E-state index is 13.2. The molecule has 8 heteroatoms. The zero-order chi connectivity index (χ0) is 24.9. The minimum absolute atomic E-state index is 0.161. The van der Waals surface area contributed by atoms with Crippen LogP contribution in [0.25, 0.3) is 0 Å². The number of ether oxygens (including phenoxy) is 4. The fraction of sp³-hybridized carbons (Fsp3) is 0.615. The molecule has 34 heavy (non-hydrogen) atoms. The highest BCUT2D eigenvalue weighted by Crippen LogP contribution is 2.67. The van der Waals surface area contributed by atoms with Crippen molar-refractivity contribution in [2.24, 2.45) is 21.7 Å². The Morgan fingerprint density at radius 2 is 1.09 bits per heavy atom. The Kier molecular flexibility index (Phi) is 4.31. The summed E-state index contributed by atoms with van der Waals surface area (Å²) in [5.74, 6) is -1.75. The fourth-order valence-corrected chi connectivity index (χ4v) is 6.38. The zero-order valence-electron chi connectivity index (χ0n) is 20.4. The SMILES string of the molecule is CC12CCC(C(=O)Oc3cccc(OC(=O)C45CCC(C)(C(=O)O4)C5(C)C)c3)(OC1=O)C2(C)C. The lowest BCUT2D eigenvalue weighted by atomic mass is 9.66. The van der Waals surface area contributed by atoms with Gasteiger partial charge in [-0.2, -0.15) is 0 Å². The summed E-state index contributed by atoms with van der Waals surface area (Å²) in [6.45, 7) is 11.0. The van der Waals surface area contributed by atoms with Crippen molar-refractivity contribution in [3.8, 4) is 11.5 Å². The molecule has 0 amide bonds. The van der Waals surface area contributed by atoms with Crippen LogP contribution < -0.4 is 9.47 Å². The Morgan fingerprint density at radius 3 is 1.38 bits per heavy atom. The van der Waals surface area contributed by atoms with Gasteiger partial charge in [-0.15, -0.1) is 0 Å². The number of carbonyl (C=O) groups is 4. The highest BCUT2D eigenvalue weighted by Gasteiger charge is 2.77. The molecule has 4 bridgehead atoms. The second-order valence-corrected chi connectivity index (χ2v) is 11.6. The van der Waals surface area contributed by atoms with Crippen LogP contribution in [0.5, 0.6) is 11.5 Å². The lowest BCUT2D eigenvalue weighted by Gasteiger charge is -2.34. The van der Waals surface area contributed by atoms with Crippen LogP contribution in [0.15, 0.2) is 24.3 Å². The van der Waals surface area contributed by atoms with Crippen LogP contribution in [0, 0.1) is 21.7 Å². The molecule has 0 spiro atoms. The lowest BCUT2D eigenvalue weighted by Crippen LogP contribution is -2.50. The third-order valence-corrected chi connectivity index (χ3v) is 10.1. The third-order valence-electron chi connectivity index (χ3n) is 10.1. The molecule has 2 aliphatic heterocycles. The van der Waals surface area contributed by atoms with Gasteiger partial charge in [-0.3, -0.25) is 9.59 Å². The number of benzene rings is 1. The Hall–Kier alpha value is -2.90. The van der Waals surface area contributed by atoms with Gasteiger partial charge < -0.3 is 18.9 Å². The number of fused-ring (bicyclic) bond motifs is 4. The van der Waals surface area contributed by atoms with E-state index in [0.29, 0.717) is 25.7 Å². The van der Waals surface area contributed by atoms with E-state index in [1.165, 1.54) is 6.07 Å². The fourth-order valence-electron chi connectivity index (χ4n) is 6.38. The molecule has 1 aromatic carbocycles. The lowest BCUT2D eigenvalue weighted by molar-refractivity contribution is -0.176. The molecular formula is C26H30O8. The molecule has 1 aromatic rings. The summed E-state index contributed by atoms with van der Waals surface area (Å²) >= 11 is 0. The number of hydrogen-bond donors (Lipinski definition) is 0. The Labute approximate surface area is 198 Å². The standard InChI is InChI=1S/C26H30O8/c1-21(2)23(5)10-12-25(21,33-17(23)27)19(29)31-15-8-7-9-16(14-15)32-20(30)26-13-11-24(6,18(28)34-26)22(26,3)4/h7-9,14H,10-13H2,1-6H3. The van der Waals surface area contributed by atoms with Crippen LogP contribution in [0.3, 0.4) is 0 Å². The summed E-state index contributed by atoms with van der Waals surface area (Å²) in [6.07, 6.45) is 1.86. The normalized spacial score (nSPS) is 38.4. The van der Waals surface area contributed by atoms with Gasteiger partial charge in [-0.05, 0) is 51.7 Å². The first-order chi connectivity index (χ1) is 15.7. The van der Waals surface area contributed by atoms with Crippen LogP contribution in [0.4, 0.5) is 0 Å². The number of rotatable bonds is 4. The Bertz CT molecular complexity index is 1070. The molecule has 2 aliphatic carbocycles. The van der Waals surface area contributed by atoms with Gasteiger partial charge in [0.15, 0.2) is 0 Å². The quantitative estimate of drug-likeness (QED) is 0.484. The van der Waals surface area contributed by atoms with E-state index < -0.39 is 44.8 Å². The van der Waals surface area contributed by atoms with Crippen LogP contribution in [0.2, 0.25) is 0 Å². The molecule has 2 saturated heterocycles. The van der Waals surface area contributed by atoms with Gasteiger partial charge in [-0.25, -0.2) is 9.59 Å². The largest absolute Gasteiger partial charge is 0.446 e. The topological polar surface area (TPSA) is 105 Å². The van der Waals surface area contributed by atoms with Gasteiger partial charge in [0.25, 0.3) is 0 Å². The van der Waals surface area contributed by atoms with Gasteiger partial charge in [-0.1, -0.05) is 33.8 Å². The summed E-state index contributed by atoms with van der Waals surface area (Å²) in [7, 11) is 0. The van der Waals surface area contributed by atoms with Gasteiger partial charge in [0.2, 0.25) is 11.2 Å². The minimum Gasteiger partial charge on any atom is -0.446 e. The summed E-state index contributed by atoms with van der Waals surface area (Å²) in [5.41, 5.74) is -5.68. The van der Waals surface area contributed by atoms with Gasteiger partial charge in [0, 0.05) is 16.9 Å². The predicted octanol–water partition coefficient (Wildman–Crippen LogP) is 3.74. The summed E-state index contributed by atoms with van der Waals surface area (Å²) in [5, 5.41) is 0. The summed E-state index contributed by atoms with van der Waals surface area (Å²) in [4.78, 5) is 51.4. The van der Waals surface area contributed by atoms with E-state index in [1.54, 1.807) is 18.2 Å². The first-order valence-electron chi connectivity index (χ1n) is 11.7. The van der Waals surface area contributed by atoms with Crippen molar-refractivity contribution in [3.05, 3.63) is 24.3 Å². The van der Waals surface area contributed by atoms with Crippen LogP contribution >= 0.6 is 0 Å². The van der Waals surface area contributed by atoms with E-state index in [1.807, 2.05) is 41.5 Å². The maximum absolute atomic E-state index is 13.2. The smallest absolute Gasteiger partial charge is 0.356 e. The molecule has 0 radical (unpaired) electrons. The van der Waals surface area contributed by atoms with E-state index in [9.17, 15) is 19.2 Å². The molecule has 4 aliphatic rings. The first kappa shape index (κ1) is 22.9. The highest BCUT2D eigenvalue weighted by molar-refractivity contribution is 5.95. The summed E-state index contributed by atoms with van der Waals surface area (Å²) < 4.78 is 22.5. The molecule has 0 N–H and O–H groups in total. The van der Waals surface area contributed by atoms with Crippen molar-refractivity contribution in [3.63, 3.8) is 0 Å². The number of esters is 4. The average molecular weight is 471 g/mol. The van der Waals surface area contributed by atoms with E-state index in [-0.39, 0.29) is 23.4 Å². The molecular weight excluding hydrogens is 440 g/mol. The second kappa shape index (κ2) is 6.40. The molecule has 4 atom stereocenters. The van der Waals surface area contributed by atoms with Gasteiger partial charge >= 0.3 is 23.9 Å². The monoisotopic (exact) mass is 470 g/mol. The Balaban J connectivity index is 1.36. The van der Waals surface area contributed by atoms with Crippen molar-refractivity contribution in [1.29, 1.82) is 0 Å². The third kappa shape index (κ3) is 2.34. The molecule has 182 valence electrons. The van der Waals surface area contributed by atoms with E-state index in [0.717, 1.165) is 0 Å². The zero-order valence-corrected chi connectivity index (χ0v) is 20.4. The highest BCUT2D eigenvalue weighted by atomic mass is 16.6. The van der Waals surface area contributed by atoms with Crippen molar-refractivity contribution in [2.75, 3.05) is 0 Å². The van der Waals surface area contributed by atoms with E-state index in [4.69, 9.17) is 18.9 Å². The maximum Gasteiger partial charge on any atom is 0.356 e. The Morgan fingerprint density at radius 1 is 0.706 bits per heavy atom. The minimum atomic E-state index is -1.36. The average Bonchev–Trinajstić information content (AvgIpc) is 3.22. The van der Waals surface area contributed by atoms with Crippen molar-refractivity contribution >= 4 is 23.9 Å². The summed E-state index contributed by atoms with van der Waals surface area (Å²) in [6, 6.07) is 6.15. The van der Waals surface area contributed by atoms with Crippen LogP contribution in [-0.4, -0.2) is 35.1 Å². The second-order valence-electron chi connectivity index (χ2n) is 11.6. The number of hydrogen-bond acceptors (Lipinski definition) is 8. The van der Waals surface area contributed by atoms with Crippen molar-refractivity contribution < 1.29 is 38.1 Å². The van der Waals surface area contributed by atoms with Crippen LogP contribution in [-0.2, 0) is 28.7 Å². The molecule has 4 fully saturated rings. The first-order valence-corrected chi connectivity index (χ1v) is 11.7.